The van der Waals surface area contributed by atoms with Crippen molar-refractivity contribution in [3.8, 4) is 0 Å². The van der Waals surface area contributed by atoms with Crippen molar-refractivity contribution in [1.82, 2.24) is 4.98 Å². The Kier molecular flexibility index (Phi) is 2.11. The Morgan fingerprint density at radius 3 is 2.83 bits per heavy atom. The Labute approximate surface area is 86.9 Å². The number of pyridine rings is 1. The molecule has 2 aromatic rings. The maximum absolute atomic E-state index is 4.36. The molecule has 2 rings (SSSR count). The van der Waals surface area contributed by atoms with Gasteiger partial charge in [-0.25, -0.2) is 0 Å². The van der Waals surface area contributed by atoms with Gasteiger partial charge in [0, 0.05) is 0 Å². The van der Waals surface area contributed by atoms with Gasteiger partial charge in [-0.2, -0.15) is 0 Å². The molecule has 1 aromatic carbocycles. The van der Waals surface area contributed by atoms with Crippen LogP contribution in [0.25, 0.3) is 10.9 Å². The summed E-state index contributed by atoms with van der Waals surface area (Å²) in [6.07, 6.45) is 1.86. The minimum absolute atomic E-state index is 1.16. The van der Waals surface area contributed by atoms with Crippen molar-refractivity contribution in [2.24, 2.45) is 0 Å². The van der Waals surface area contributed by atoms with Crippen molar-refractivity contribution in [3.05, 3.63) is 36.0 Å². The number of aryl methyl sites for hydroxylation is 1. The molecule has 0 aliphatic rings. The predicted molar refractivity (Wildman–Crippen MR) is 51.9 cm³/mol. The second-order valence-corrected chi connectivity index (χ2v) is 4.49. The van der Waals surface area contributed by atoms with E-state index in [1.165, 1.54) is 39.2 Å². The predicted octanol–water partition coefficient (Wildman–Crippen LogP) is 1.34. The van der Waals surface area contributed by atoms with E-state index in [9.17, 15) is 0 Å². The van der Waals surface area contributed by atoms with Gasteiger partial charge in [-0.05, 0) is 0 Å². The molecule has 0 aliphatic carbocycles. The summed E-state index contributed by atoms with van der Waals surface area (Å²) in [5.41, 5.74) is 2.47. The van der Waals surface area contributed by atoms with Gasteiger partial charge in [0.05, 0.1) is 0 Å². The van der Waals surface area contributed by atoms with E-state index in [1.807, 2.05) is 12.3 Å². The van der Waals surface area contributed by atoms with Gasteiger partial charge >= 0.3 is 87.1 Å². The summed E-state index contributed by atoms with van der Waals surface area (Å²) in [6, 6.07) is 8.43. The van der Waals surface area contributed by atoms with Gasteiger partial charge in [-0.15, -0.1) is 0 Å². The van der Waals surface area contributed by atoms with E-state index in [0.717, 1.165) is 5.52 Å². The summed E-state index contributed by atoms with van der Waals surface area (Å²) in [5, 5.41) is 1.28. The zero-order chi connectivity index (χ0) is 8.55. The van der Waals surface area contributed by atoms with Crippen LogP contribution in [0, 0.1) is 6.92 Å². The third-order valence-electron chi connectivity index (χ3n) is 1.95. The van der Waals surface area contributed by atoms with E-state index >= 15 is 0 Å². The molecule has 0 bridgehead atoms. The maximum atomic E-state index is 4.36. The van der Waals surface area contributed by atoms with Crippen LogP contribution in [-0.4, -0.2) is 30.1 Å². The molecule has 0 atom stereocenters. The van der Waals surface area contributed by atoms with Crippen LogP contribution >= 0.6 is 0 Å². The first-order valence-corrected chi connectivity index (χ1v) is 5.39. The van der Waals surface area contributed by atoms with Crippen LogP contribution in [0.1, 0.15) is 5.56 Å². The van der Waals surface area contributed by atoms with Gasteiger partial charge in [0.15, 0.2) is 0 Å². The number of aromatic nitrogens is 1. The number of rotatable bonds is 0. The topological polar surface area (TPSA) is 12.9 Å². The third-order valence-corrected chi connectivity index (χ3v) is 3.23. The number of fused-ring (bicyclic) bond motifs is 1. The van der Waals surface area contributed by atoms with Crippen LogP contribution < -0.4 is 3.22 Å². The molecule has 0 fully saturated rings. The Balaban J connectivity index is 2.95. The van der Waals surface area contributed by atoms with Crippen LogP contribution in [0.15, 0.2) is 30.5 Å². The molecule has 1 aromatic heterocycles. The SMILES string of the molecule is Cc1cc[c]([Po])c2ncccc12. The van der Waals surface area contributed by atoms with Crippen LogP contribution in [0.3, 0.4) is 0 Å². The summed E-state index contributed by atoms with van der Waals surface area (Å²) in [6.45, 7) is 2.12. The molecule has 0 spiro atoms. The Morgan fingerprint density at radius 1 is 1.25 bits per heavy atom. The monoisotopic (exact) mass is 351 g/mol. The first-order valence-electron chi connectivity index (χ1n) is 3.80. The number of nitrogens with zero attached hydrogens (tertiary/aromatic N) is 1. The Morgan fingerprint density at radius 2 is 2.08 bits per heavy atom. The fraction of sp³-hybridized carbons (Fsp3) is 0.100. The summed E-state index contributed by atoms with van der Waals surface area (Å²) in [7, 11) is 0. The normalized spacial score (nSPS) is 10.4. The molecule has 0 amide bonds. The first kappa shape index (κ1) is 8.14. The molecule has 0 saturated heterocycles. The fourth-order valence-corrected chi connectivity index (χ4v) is 2.19. The Hall–Kier alpha value is -0.474. The number of hydrogen-bond acceptors (Lipinski definition) is 1. The summed E-state index contributed by atoms with van der Waals surface area (Å²) < 4.78 is 1.33. The van der Waals surface area contributed by atoms with Gasteiger partial charge in [-0.1, -0.05) is 0 Å². The van der Waals surface area contributed by atoms with Gasteiger partial charge in [0.25, 0.3) is 0 Å². The van der Waals surface area contributed by atoms with Crippen molar-refractivity contribution < 1.29 is 0 Å². The van der Waals surface area contributed by atoms with Crippen LogP contribution in [0.5, 0.6) is 0 Å². The molecule has 0 saturated carbocycles. The van der Waals surface area contributed by atoms with Gasteiger partial charge in [0.2, 0.25) is 0 Å². The van der Waals surface area contributed by atoms with Crippen LogP contribution in [0.2, 0.25) is 0 Å². The van der Waals surface area contributed by atoms with Gasteiger partial charge in [0.1, 0.15) is 0 Å². The van der Waals surface area contributed by atoms with Crippen molar-refractivity contribution in [2.75, 3.05) is 0 Å². The van der Waals surface area contributed by atoms with E-state index in [0.29, 0.717) is 0 Å². The molecule has 1 radical (unpaired) electrons. The third kappa shape index (κ3) is 1.25. The zero-order valence-electron chi connectivity index (χ0n) is 6.74. The zero-order valence-corrected chi connectivity index (χ0v) is 9.92. The van der Waals surface area contributed by atoms with E-state index in [-0.39, 0.29) is 0 Å². The minimum atomic E-state index is 1.16. The van der Waals surface area contributed by atoms with E-state index < -0.39 is 0 Å². The van der Waals surface area contributed by atoms with Gasteiger partial charge in [-0.3, -0.25) is 0 Å². The molecule has 0 N–H and O–H groups in total. The summed E-state index contributed by atoms with van der Waals surface area (Å²) in [4.78, 5) is 4.36. The molecule has 1 nitrogen and oxygen atoms in total. The van der Waals surface area contributed by atoms with E-state index in [4.69, 9.17) is 0 Å². The summed E-state index contributed by atoms with van der Waals surface area (Å²) in [5.74, 6) is 0. The fourth-order valence-electron chi connectivity index (χ4n) is 1.29. The molecular weight excluding hydrogens is 343 g/mol. The molecule has 2 heteroatoms. The average molecular weight is 351 g/mol. The van der Waals surface area contributed by atoms with Crippen LogP contribution in [-0.2, 0) is 0 Å². The quantitative estimate of drug-likeness (QED) is 0.698. The van der Waals surface area contributed by atoms with E-state index in [1.54, 1.807) is 0 Å². The Bertz CT molecular complexity index is 383. The number of hydrogen-bond donors (Lipinski definition) is 0. The molecule has 59 valence electrons. The first-order chi connectivity index (χ1) is 5.79. The van der Waals surface area contributed by atoms with Crippen molar-refractivity contribution in [2.45, 2.75) is 6.92 Å². The summed E-state index contributed by atoms with van der Waals surface area (Å²) >= 11 is 1.48. The molecule has 1 heterocycles. The van der Waals surface area contributed by atoms with Crippen molar-refractivity contribution in [1.29, 1.82) is 0 Å². The molecular formula is C10H8NPo. The molecule has 0 unspecified atom stereocenters. The van der Waals surface area contributed by atoms with Gasteiger partial charge < -0.3 is 0 Å². The second kappa shape index (κ2) is 3.11. The van der Waals surface area contributed by atoms with Crippen molar-refractivity contribution in [3.63, 3.8) is 0 Å². The molecule has 0 aliphatic heterocycles. The van der Waals surface area contributed by atoms with E-state index in [2.05, 4.69) is 30.1 Å². The van der Waals surface area contributed by atoms with Crippen molar-refractivity contribution >= 4 is 39.2 Å². The average Bonchev–Trinajstić information content (AvgIpc) is 2.12. The number of benzene rings is 1. The standard InChI is InChI=1S/C10H8N.Po/c1-8-4-2-6-10-9(8)5-3-7-11-10;/h2-5,7H,1H3;. The molecule has 12 heavy (non-hydrogen) atoms. The van der Waals surface area contributed by atoms with Crippen LogP contribution in [0.4, 0.5) is 0 Å². The second-order valence-electron chi connectivity index (χ2n) is 2.78.